The zero-order valence-corrected chi connectivity index (χ0v) is 17.4. The van der Waals surface area contributed by atoms with E-state index in [4.69, 9.17) is 4.74 Å². The van der Waals surface area contributed by atoms with E-state index in [1.807, 2.05) is 11.8 Å². The van der Waals surface area contributed by atoms with Gasteiger partial charge in [0.2, 0.25) is 5.91 Å². The Morgan fingerprint density at radius 3 is 2.34 bits per heavy atom. The molecule has 2 aliphatic rings. The molecule has 1 aromatic rings. The average Bonchev–Trinajstić information content (AvgIpc) is 2.74. The molecule has 1 heterocycles. The smallest absolute Gasteiger partial charge is 0.309 e. The highest BCUT2D eigenvalue weighted by Crippen LogP contribution is 2.25. The molecule has 0 unspecified atom stereocenters. The molecule has 1 aliphatic heterocycles. The van der Waals surface area contributed by atoms with Crippen LogP contribution in [0.2, 0.25) is 0 Å². The first-order valence-electron chi connectivity index (χ1n) is 11.0. The number of hydrogen-bond donors (Lipinski definition) is 0. The lowest BCUT2D eigenvalue weighted by atomic mass is 9.93. The first-order valence-corrected chi connectivity index (χ1v) is 11.0. The van der Waals surface area contributed by atoms with Crippen LogP contribution in [0.25, 0.3) is 0 Å². The maximum atomic E-state index is 13.3. The second-order valence-electron chi connectivity index (χ2n) is 8.24. The van der Waals surface area contributed by atoms with Crippen molar-refractivity contribution in [3.8, 4) is 0 Å². The van der Waals surface area contributed by atoms with Gasteiger partial charge in [-0.05, 0) is 63.4 Å². The van der Waals surface area contributed by atoms with E-state index in [9.17, 15) is 14.0 Å². The van der Waals surface area contributed by atoms with Crippen molar-refractivity contribution in [3.05, 3.63) is 35.6 Å². The lowest BCUT2D eigenvalue weighted by Crippen LogP contribution is -2.48. The number of hydrogen-bond acceptors (Lipinski definition) is 4. The Kier molecular flexibility index (Phi) is 8.04. The van der Waals surface area contributed by atoms with E-state index in [0.29, 0.717) is 19.7 Å². The maximum absolute atomic E-state index is 13.3. The second-order valence-corrected chi connectivity index (χ2v) is 8.24. The zero-order chi connectivity index (χ0) is 20.6. The number of halogens is 1. The summed E-state index contributed by atoms with van der Waals surface area (Å²) in [6, 6.07) is 6.71. The van der Waals surface area contributed by atoms with Gasteiger partial charge in [0.1, 0.15) is 5.82 Å². The summed E-state index contributed by atoms with van der Waals surface area (Å²) in [6.45, 7) is 4.63. The molecule has 29 heavy (non-hydrogen) atoms. The van der Waals surface area contributed by atoms with E-state index in [1.165, 1.54) is 18.6 Å². The minimum absolute atomic E-state index is 0.0463. The van der Waals surface area contributed by atoms with E-state index in [2.05, 4.69) is 4.90 Å². The Balaban J connectivity index is 1.59. The SMILES string of the molecule is CCOC(=O)C1CCN(CC(=O)N(Cc2ccc(F)cc2)C2CCCCC2)CC1. The molecule has 1 saturated carbocycles. The molecule has 2 fully saturated rings. The van der Waals surface area contributed by atoms with Crippen molar-refractivity contribution >= 4 is 11.9 Å². The van der Waals surface area contributed by atoms with Crippen molar-refractivity contribution < 1.29 is 18.7 Å². The van der Waals surface area contributed by atoms with Crippen molar-refractivity contribution in [2.75, 3.05) is 26.2 Å². The van der Waals surface area contributed by atoms with Gasteiger partial charge in [-0.3, -0.25) is 14.5 Å². The number of amides is 1. The summed E-state index contributed by atoms with van der Waals surface area (Å²) in [5, 5.41) is 0. The zero-order valence-electron chi connectivity index (χ0n) is 17.4. The highest BCUT2D eigenvalue weighted by molar-refractivity contribution is 5.79. The number of carbonyl (C=O) groups excluding carboxylic acids is 2. The van der Waals surface area contributed by atoms with Crippen molar-refractivity contribution in [3.63, 3.8) is 0 Å². The largest absolute Gasteiger partial charge is 0.466 e. The summed E-state index contributed by atoms with van der Waals surface area (Å²) >= 11 is 0. The van der Waals surface area contributed by atoms with Crippen LogP contribution in [0.3, 0.4) is 0 Å². The van der Waals surface area contributed by atoms with Gasteiger partial charge in [0.05, 0.1) is 19.1 Å². The molecule has 0 radical (unpaired) electrons. The molecule has 160 valence electrons. The second kappa shape index (κ2) is 10.7. The third kappa shape index (κ3) is 6.26. The van der Waals surface area contributed by atoms with E-state index >= 15 is 0 Å². The van der Waals surface area contributed by atoms with Crippen LogP contribution in [0.1, 0.15) is 57.4 Å². The van der Waals surface area contributed by atoms with Gasteiger partial charge in [-0.25, -0.2) is 4.39 Å². The van der Waals surface area contributed by atoms with Gasteiger partial charge in [-0.15, -0.1) is 0 Å². The lowest BCUT2D eigenvalue weighted by Gasteiger charge is -2.37. The van der Waals surface area contributed by atoms with E-state index in [-0.39, 0.29) is 29.7 Å². The first kappa shape index (κ1) is 21.8. The fourth-order valence-corrected chi connectivity index (χ4v) is 4.47. The van der Waals surface area contributed by atoms with Gasteiger partial charge >= 0.3 is 5.97 Å². The van der Waals surface area contributed by atoms with Crippen molar-refractivity contribution in [1.82, 2.24) is 9.80 Å². The van der Waals surface area contributed by atoms with E-state index in [1.54, 1.807) is 12.1 Å². The Labute approximate surface area is 173 Å². The lowest BCUT2D eigenvalue weighted by molar-refractivity contribution is -0.149. The summed E-state index contributed by atoms with van der Waals surface area (Å²) < 4.78 is 18.4. The third-order valence-electron chi connectivity index (χ3n) is 6.17. The summed E-state index contributed by atoms with van der Waals surface area (Å²) in [7, 11) is 0. The minimum Gasteiger partial charge on any atom is -0.466 e. The number of nitrogens with zero attached hydrogens (tertiary/aromatic N) is 2. The van der Waals surface area contributed by atoms with Crippen LogP contribution < -0.4 is 0 Å². The molecular weight excluding hydrogens is 371 g/mol. The third-order valence-corrected chi connectivity index (χ3v) is 6.17. The summed E-state index contributed by atoms with van der Waals surface area (Å²) in [4.78, 5) is 29.3. The first-order chi connectivity index (χ1) is 14.1. The molecular formula is C23H33FN2O3. The molecule has 1 aromatic carbocycles. The predicted molar refractivity (Wildman–Crippen MR) is 110 cm³/mol. The molecule has 1 aliphatic carbocycles. The van der Waals surface area contributed by atoms with Crippen LogP contribution >= 0.6 is 0 Å². The maximum Gasteiger partial charge on any atom is 0.309 e. The molecule has 6 heteroatoms. The number of likely N-dealkylation sites (tertiary alicyclic amines) is 1. The van der Waals surface area contributed by atoms with Crippen molar-refractivity contribution in [2.45, 2.75) is 64.5 Å². The summed E-state index contributed by atoms with van der Waals surface area (Å²) in [5.41, 5.74) is 0.964. The monoisotopic (exact) mass is 404 g/mol. The fourth-order valence-electron chi connectivity index (χ4n) is 4.47. The van der Waals surface area contributed by atoms with E-state index < -0.39 is 0 Å². The molecule has 3 rings (SSSR count). The van der Waals surface area contributed by atoms with Gasteiger partial charge in [-0.2, -0.15) is 0 Å². The number of piperidine rings is 1. The molecule has 1 amide bonds. The standard InChI is InChI=1S/C23H33FN2O3/c1-2-29-23(28)19-12-14-25(15-13-19)17-22(27)26(21-6-4-3-5-7-21)16-18-8-10-20(24)11-9-18/h8-11,19,21H,2-7,12-17H2,1H3. The van der Waals surface area contributed by atoms with Crippen LogP contribution in [0.5, 0.6) is 0 Å². The summed E-state index contributed by atoms with van der Waals surface area (Å²) in [5.74, 6) is -0.279. The van der Waals surface area contributed by atoms with Gasteiger partial charge in [0, 0.05) is 12.6 Å². The van der Waals surface area contributed by atoms with E-state index in [0.717, 1.165) is 57.2 Å². The molecule has 0 spiro atoms. The average molecular weight is 405 g/mol. The number of benzene rings is 1. The van der Waals surface area contributed by atoms with Crippen LogP contribution in [0.4, 0.5) is 4.39 Å². The van der Waals surface area contributed by atoms with Crippen LogP contribution in [0.15, 0.2) is 24.3 Å². The fraction of sp³-hybridized carbons (Fsp3) is 0.652. The number of carbonyl (C=O) groups is 2. The molecule has 5 nitrogen and oxygen atoms in total. The highest BCUT2D eigenvalue weighted by Gasteiger charge is 2.30. The Morgan fingerprint density at radius 1 is 1.07 bits per heavy atom. The van der Waals surface area contributed by atoms with Crippen LogP contribution in [-0.2, 0) is 20.9 Å². The Bertz CT molecular complexity index is 665. The quantitative estimate of drug-likeness (QED) is 0.650. The minimum atomic E-state index is -0.256. The predicted octanol–water partition coefficient (Wildman–Crippen LogP) is 3.76. The Morgan fingerprint density at radius 2 is 1.72 bits per heavy atom. The summed E-state index contributed by atoms with van der Waals surface area (Å²) in [6.07, 6.45) is 7.11. The molecule has 1 saturated heterocycles. The van der Waals surface area contributed by atoms with Crippen LogP contribution in [-0.4, -0.2) is 54.0 Å². The molecule has 0 aromatic heterocycles. The normalized spacial score (nSPS) is 19.1. The topological polar surface area (TPSA) is 49.9 Å². The van der Waals surface area contributed by atoms with Gasteiger partial charge in [-0.1, -0.05) is 31.4 Å². The molecule has 0 atom stereocenters. The number of esters is 1. The van der Waals surface area contributed by atoms with Gasteiger partial charge in [0.25, 0.3) is 0 Å². The molecule has 0 N–H and O–H groups in total. The Hall–Kier alpha value is -1.95. The number of ether oxygens (including phenoxy) is 1. The molecule has 0 bridgehead atoms. The number of rotatable bonds is 7. The van der Waals surface area contributed by atoms with Crippen molar-refractivity contribution in [1.29, 1.82) is 0 Å². The van der Waals surface area contributed by atoms with Crippen molar-refractivity contribution in [2.24, 2.45) is 5.92 Å². The van der Waals surface area contributed by atoms with Gasteiger partial charge in [0.15, 0.2) is 0 Å². The van der Waals surface area contributed by atoms with Crippen LogP contribution in [0, 0.1) is 11.7 Å². The van der Waals surface area contributed by atoms with Gasteiger partial charge < -0.3 is 9.64 Å². The highest BCUT2D eigenvalue weighted by atomic mass is 19.1.